The second-order valence-corrected chi connectivity index (χ2v) is 13.3. The lowest BCUT2D eigenvalue weighted by Crippen LogP contribution is -2.48. The van der Waals surface area contributed by atoms with Crippen LogP contribution in [0.15, 0.2) is 46.9 Å². The fraction of sp³-hybridized carbons (Fsp3) is 0.500. The monoisotopic (exact) mass is 530 g/mol. The number of hydrogen-bond donors (Lipinski definition) is 1. The maximum atomic E-state index is 12.8. The number of carbonyl (C=O) groups excluding carboxylic acids is 1. The van der Waals surface area contributed by atoms with E-state index in [0.29, 0.717) is 16.8 Å². The molecule has 0 radical (unpaired) electrons. The summed E-state index contributed by atoms with van der Waals surface area (Å²) in [5.74, 6) is 2.31. The third kappa shape index (κ3) is 4.59. The van der Waals surface area contributed by atoms with Crippen molar-refractivity contribution < 1.29 is 13.2 Å². The maximum Gasteiger partial charge on any atom is 0.245 e. The predicted molar refractivity (Wildman–Crippen MR) is 136 cm³/mol. The molecule has 2 aromatic rings. The molecule has 4 bridgehead atoms. The van der Waals surface area contributed by atoms with Gasteiger partial charge >= 0.3 is 0 Å². The summed E-state index contributed by atoms with van der Waals surface area (Å²) in [5, 5.41) is 2.89. The van der Waals surface area contributed by atoms with Crippen LogP contribution in [0, 0.1) is 24.7 Å². The number of aryl methyl sites for hydroxylation is 1. The van der Waals surface area contributed by atoms with Crippen molar-refractivity contribution in [3.63, 3.8) is 0 Å². The molecule has 4 aliphatic rings. The van der Waals surface area contributed by atoms with Crippen molar-refractivity contribution in [2.24, 2.45) is 17.8 Å². The number of rotatable bonds is 6. The normalized spacial score (nSPS) is 28.0. The number of halogens is 1. The van der Waals surface area contributed by atoms with Crippen LogP contribution in [-0.2, 0) is 20.2 Å². The second kappa shape index (κ2) is 8.42. The fourth-order valence-electron chi connectivity index (χ4n) is 6.89. The minimum Gasteiger partial charge on any atom is -0.325 e. The lowest BCUT2D eigenvalue weighted by Gasteiger charge is -2.57. The number of hydrogen-bond acceptors (Lipinski definition) is 3. The van der Waals surface area contributed by atoms with Crippen LogP contribution in [0.2, 0.25) is 0 Å². The van der Waals surface area contributed by atoms with Crippen LogP contribution in [0.3, 0.4) is 0 Å². The van der Waals surface area contributed by atoms with E-state index in [9.17, 15) is 13.2 Å². The zero-order valence-corrected chi connectivity index (χ0v) is 21.6. The fourth-order valence-corrected chi connectivity index (χ4v) is 7.98. The van der Waals surface area contributed by atoms with E-state index in [1.165, 1.54) is 44.1 Å². The van der Waals surface area contributed by atoms with Crippen molar-refractivity contribution in [1.82, 2.24) is 0 Å². The molecule has 1 N–H and O–H groups in total. The number of benzene rings is 2. The molecule has 0 unspecified atom stereocenters. The van der Waals surface area contributed by atoms with Gasteiger partial charge in [0.25, 0.3) is 0 Å². The lowest BCUT2D eigenvalue weighted by molar-refractivity contribution is -0.114. The summed E-state index contributed by atoms with van der Waals surface area (Å²) in [6, 6.07) is 13.6. The van der Waals surface area contributed by atoms with Gasteiger partial charge in [0.15, 0.2) is 0 Å². The van der Waals surface area contributed by atoms with E-state index in [1.54, 1.807) is 18.2 Å². The number of nitrogens with one attached hydrogen (secondary N) is 1. The van der Waals surface area contributed by atoms with Gasteiger partial charge in [0.2, 0.25) is 15.9 Å². The Morgan fingerprint density at radius 1 is 1.03 bits per heavy atom. The molecule has 33 heavy (non-hydrogen) atoms. The smallest absolute Gasteiger partial charge is 0.245 e. The van der Waals surface area contributed by atoms with E-state index in [1.807, 2.05) is 19.1 Å². The summed E-state index contributed by atoms with van der Waals surface area (Å²) in [4.78, 5) is 12.8. The molecule has 1 amide bonds. The average Bonchev–Trinajstić information content (AvgIpc) is 2.73. The summed E-state index contributed by atoms with van der Waals surface area (Å²) in [7, 11) is -3.61. The quantitative estimate of drug-likeness (QED) is 0.526. The highest BCUT2D eigenvalue weighted by Crippen LogP contribution is 2.60. The molecular formula is C26H31BrN2O3S. The zero-order chi connectivity index (χ0) is 23.4. The van der Waals surface area contributed by atoms with Crippen LogP contribution in [0.1, 0.15) is 49.7 Å². The number of nitrogens with zero attached hydrogens (tertiary/aromatic N) is 1. The van der Waals surface area contributed by atoms with Crippen LogP contribution in [0.4, 0.5) is 11.4 Å². The van der Waals surface area contributed by atoms with Gasteiger partial charge in [-0.15, -0.1) is 0 Å². The minimum absolute atomic E-state index is 0.267. The van der Waals surface area contributed by atoms with Crippen molar-refractivity contribution in [3.05, 3.63) is 58.1 Å². The van der Waals surface area contributed by atoms with Crippen LogP contribution >= 0.6 is 15.9 Å². The highest BCUT2D eigenvalue weighted by Gasteiger charge is 2.51. The van der Waals surface area contributed by atoms with Crippen LogP contribution in [0.5, 0.6) is 0 Å². The van der Waals surface area contributed by atoms with Crippen molar-refractivity contribution in [1.29, 1.82) is 0 Å². The second-order valence-electron chi connectivity index (χ2n) is 10.5. The molecule has 0 heterocycles. The molecule has 0 atom stereocenters. The van der Waals surface area contributed by atoms with Crippen molar-refractivity contribution >= 4 is 43.2 Å². The molecule has 4 fully saturated rings. The summed E-state index contributed by atoms with van der Waals surface area (Å²) >= 11 is 3.43. The Hall–Kier alpha value is -1.86. The van der Waals surface area contributed by atoms with Gasteiger partial charge in [-0.1, -0.05) is 28.1 Å². The van der Waals surface area contributed by atoms with E-state index < -0.39 is 10.0 Å². The number of amides is 1. The van der Waals surface area contributed by atoms with Crippen LogP contribution in [-0.4, -0.2) is 27.1 Å². The van der Waals surface area contributed by atoms with Gasteiger partial charge in [0.1, 0.15) is 6.54 Å². The molecule has 0 spiro atoms. The third-order valence-electron chi connectivity index (χ3n) is 7.94. The summed E-state index contributed by atoms with van der Waals surface area (Å²) in [5.41, 5.74) is 3.81. The van der Waals surface area contributed by atoms with E-state index in [2.05, 4.69) is 33.4 Å². The minimum atomic E-state index is -3.61. The molecule has 5 nitrogen and oxygen atoms in total. The first-order chi connectivity index (χ1) is 15.6. The molecule has 4 aliphatic carbocycles. The van der Waals surface area contributed by atoms with Crippen molar-refractivity contribution in [3.8, 4) is 0 Å². The largest absolute Gasteiger partial charge is 0.325 e. The molecule has 6 rings (SSSR count). The van der Waals surface area contributed by atoms with Gasteiger partial charge in [-0.2, -0.15) is 0 Å². The summed E-state index contributed by atoms with van der Waals surface area (Å²) in [6.07, 6.45) is 9.30. The van der Waals surface area contributed by atoms with Crippen molar-refractivity contribution in [2.45, 2.75) is 50.9 Å². The molecule has 0 aliphatic heterocycles. The third-order valence-corrected chi connectivity index (χ3v) is 9.97. The maximum absolute atomic E-state index is 12.8. The first-order valence-corrected chi connectivity index (χ1v) is 14.4. The standard InChI is InChI=1S/C26H31BrN2O3S/c1-17-9-23(7-8-24(17)27)29(33(2,31)32)16-25(30)28-22-5-3-21(4-6-22)26-13-18-10-19(14-26)12-20(11-18)15-26/h3-9,18-20H,10-16H2,1-2H3,(H,28,30). The number of sulfonamides is 1. The molecule has 7 heteroatoms. The Morgan fingerprint density at radius 2 is 1.61 bits per heavy atom. The SMILES string of the molecule is Cc1cc(N(CC(=O)Nc2ccc(C34CC5CC(CC(C5)C3)C4)cc2)S(C)(=O)=O)ccc1Br. The molecule has 0 saturated heterocycles. The topological polar surface area (TPSA) is 66.5 Å². The Bertz CT molecular complexity index is 1140. The molecule has 176 valence electrons. The molecule has 4 saturated carbocycles. The Balaban J connectivity index is 1.29. The highest BCUT2D eigenvalue weighted by atomic mass is 79.9. The first kappa shape index (κ1) is 22.9. The Morgan fingerprint density at radius 3 is 2.12 bits per heavy atom. The van der Waals surface area contributed by atoms with E-state index in [4.69, 9.17) is 0 Å². The van der Waals surface area contributed by atoms with Gasteiger partial charge < -0.3 is 5.32 Å². The average molecular weight is 532 g/mol. The molecule has 2 aromatic carbocycles. The predicted octanol–water partition coefficient (Wildman–Crippen LogP) is 5.63. The van der Waals surface area contributed by atoms with Gasteiger partial charge in [-0.05, 0) is 110 Å². The Labute approximate surface area is 205 Å². The van der Waals surface area contributed by atoms with Gasteiger partial charge in [0.05, 0.1) is 11.9 Å². The Kier molecular flexibility index (Phi) is 5.84. The number of anilines is 2. The van der Waals surface area contributed by atoms with Crippen molar-refractivity contribution in [2.75, 3.05) is 22.4 Å². The van der Waals surface area contributed by atoms with Gasteiger partial charge in [-0.25, -0.2) is 8.42 Å². The van der Waals surface area contributed by atoms with Crippen LogP contribution < -0.4 is 9.62 Å². The molecule has 0 aromatic heterocycles. The first-order valence-electron chi connectivity index (χ1n) is 11.8. The highest BCUT2D eigenvalue weighted by molar-refractivity contribution is 9.10. The zero-order valence-electron chi connectivity index (χ0n) is 19.2. The van der Waals surface area contributed by atoms with E-state index in [-0.39, 0.29) is 12.5 Å². The number of carbonyl (C=O) groups is 1. The lowest BCUT2D eigenvalue weighted by atomic mass is 9.48. The van der Waals surface area contributed by atoms with Gasteiger partial charge in [-0.3, -0.25) is 9.10 Å². The summed E-state index contributed by atoms with van der Waals surface area (Å²) < 4.78 is 26.8. The molecular weight excluding hydrogens is 500 g/mol. The summed E-state index contributed by atoms with van der Waals surface area (Å²) in [6.45, 7) is 1.62. The van der Waals surface area contributed by atoms with Crippen LogP contribution in [0.25, 0.3) is 0 Å². The van der Waals surface area contributed by atoms with Gasteiger partial charge in [0, 0.05) is 10.2 Å². The van der Waals surface area contributed by atoms with E-state index in [0.717, 1.165) is 38.4 Å². The van der Waals surface area contributed by atoms with E-state index >= 15 is 0 Å².